The molecule has 2 fully saturated rings. The van der Waals surface area contributed by atoms with Crippen LogP contribution in [0.3, 0.4) is 0 Å². The summed E-state index contributed by atoms with van der Waals surface area (Å²) in [6.45, 7) is 10.6. The van der Waals surface area contributed by atoms with Crippen molar-refractivity contribution in [2.24, 2.45) is 27.6 Å². The van der Waals surface area contributed by atoms with Crippen molar-refractivity contribution in [3.63, 3.8) is 0 Å². The van der Waals surface area contributed by atoms with Crippen LogP contribution in [0.15, 0.2) is 5.16 Å². The quantitative estimate of drug-likeness (QED) is 0.356. The van der Waals surface area contributed by atoms with Gasteiger partial charge in [-0.05, 0) is 55.5 Å². The lowest BCUT2D eigenvalue weighted by molar-refractivity contribution is 0.0980. The molecule has 0 aromatic rings. The summed E-state index contributed by atoms with van der Waals surface area (Å²) in [5, 5.41) is 11.8. The van der Waals surface area contributed by atoms with Crippen LogP contribution in [0.5, 0.6) is 0 Å². The molecule has 1 saturated carbocycles. The average Bonchev–Trinajstić information content (AvgIpc) is 3.08. The third-order valence-corrected chi connectivity index (χ3v) is 5.01. The lowest BCUT2D eigenvalue weighted by Crippen LogP contribution is -2.41. The van der Waals surface area contributed by atoms with Gasteiger partial charge in [-0.15, -0.1) is 0 Å². The van der Waals surface area contributed by atoms with Crippen molar-refractivity contribution in [1.82, 2.24) is 4.90 Å². The molecule has 1 heterocycles. The zero-order chi connectivity index (χ0) is 14.1. The first-order chi connectivity index (χ1) is 8.85. The standard InChI is InChI=1S/C15H29N3O/c1-14(2,3)12-4-8-18(9-5-12)11-15(6-7-15)10-13(16)17-19/h12,19H,4-11H2,1-3H3,(H2,16,17). The number of piperidine rings is 1. The van der Waals surface area contributed by atoms with E-state index < -0.39 is 0 Å². The maximum Gasteiger partial charge on any atom is 0.139 e. The fourth-order valence-electron chi connectivity index (χ4n) is 3.42. The summed E-state index contributed by atoms with van der Waals surface area (Å²) >= 11 is 0. The van der Waals surface area contributed by atoms with Crippen molar-refractivity contribution in [2.75, 3.05) is 19.6 Å². The average molecular weight is 267 g/mol. The van der Waals surface area contributed by atoms with Gasteiger partial charge in [-0.25, -0.2) is 0 Å². The number of oxime groups is 1. The Kier molecular flexibility index (Phi) is 4.09. The van der Waals surface area contributed by atoms with Gasteiger partial charge in [0.25, 0.3) is 0 Å². The molecule has 2 rings (SSSR count). The molecular formula is C15H29N3O. The van der Waals surface area contributed by atoms with Crippen LogP contribution in [0.1, 0.15) is 52.9 Å². The van der Waals surface area contributed by atoms with Crippen molar-refractivity contribution >= 4 is 5.84 Å². The zero-order valence-corrected chi connectivity index (χ0v) is 12.7. The fraction of sp³-hybridized carbons (Fsp3) is 0.933. The highest BCUT2D eigenvalue weighted by molar-refractivity contribution is 5.80. The second kappa shape index (κ2) is 5.31. The van der Waals surface area contributed by atoms with Crippen LogP contribution in [0.2, 0.25) is 0 Å². The van der Waals surface area contributed by atoms with Gasteiger partial charge < -0.3 is 15.8 Å². The summed E-state index contributed by atoms with van der Waals surface area (Å²) in [5.74, 6) is 1.24. The van der Waals surface area contributed by atoms with E-state index >= 15 is 0 Å². The Morgan fingerprint density at radius 3 is 2.32 bits per heavy atom. The Labute approximate surface area is 117 Å². The number of hydrogen-bond acceptors (Lipinski definition) is 3. The Hall–Kier alpha value is -0.770. The van der Waals surface area contributed by atoms with Gasteiger partial charge >= 0.3 is 0 Å². The minimum absolute atomic E-state index is 0.310. The first kappa shape index (κ1) is 14.6. The van der Waals surface area contributed by atoms with Gasteiger partial charge in [-0.3, -0.25) is 0 Å². The van der Waals surface area contributed by atoms with E-state index in [-0.39, 0.29) is 0 Å². The minimum atomic E-state index is 0.310. The first-order valence-electron chi connectivity index (χ1n) is 7.53. The SMILES string of the molecule is CC(C)(C)C1CCN(CC2(CC(N)=NO)CC2)CC1. The summed E-state index contributed by atoms with van der Waals surface area (Å²) in [5.41, 5.74) is 6.42. The molecular weight excluding hydrogens is 238 g/mol. The molecule has 0 bridgehead atoms. The second-order valence-corrected chi connectivity index (χ2v) is 7.68. The predicted molar refractivity (Wildman–Crippen MR) is 78.3 cm³/mol. The number of amidine groups is 1. The largest absolute Gasteiger partial charge is 0.409 e. The van der Waals surface area contributed by atoms with E-state index in [0.717, 1.165) is 18.9 Å². The lowest BCUT2D eigenvalue weighted by atomic mass is 9.75. The molecule has 0 unspecified atom stereocenters. The van der Waals surface area contributed by atoms with Crippen molar-refractivity contribution in [3.05, 3.63) is 0 Å². The molecule has 0 spiro atoms. The first-order valence-corrected chi connectivity index (χ1v) is 7.53. The fourth-order valence-corrected chi connectivity index (χ4v) is 3.42. The summed E-state index contributed by atoms with van der Waals surface area (Å²) < 4.78 is 0. The molecule has 0 aromatic heterocycles. The molecule has 0 aromatic carbocycles. The highest BCUT2D eigenvalue weighted by Gasteiger charge is 2.45. The molecule has 1 aliphatic carbocycles. The van der Waals surface area contributed by atoms with Crippen LogP contribution >= 0.6 is 0 Å². The minimum Gasteiger partial charge on any atom is -0.409 e. The van der Waals surface area contributed by atoms with Crippen LogP contribution in [-0.2, 0) is 0 Å². The zero-order valence-electron chi connectivity index (χ0n) is 12.7. The van der Waals surface area contributed by atoms with Crippen LogP contribution < -0.4 is 5.73 Å². The number of rotatable bonds is 4. The molecule has 0 atom stereocenters. The summed E-state index contributed by atoms with van der Waals surface area (Å²) in [6, 6.07) is 0. The summed E-state index contributed by atoms with van der Waals surface area (Å²) in [6.07, 6.45) is 5.82. The number of nitrogens with two attached hydrogens (primary N) is 1. The Morgan fingerprint density at radius 2 is 1.89 bits per heavy atom. The topological polar surface area (TPSA) is 61.8 Å². The van der Waals surface area contributed by atoms with Gasteiger partial charge in [0.05, 0.1) is 0 Å². The number of nitrogens with zero attached hydrogens (tertiary/aromatic N) is 2. The van der Waals surface area contributed by atoms with Gasteiger partial charge in [-0.1, -0.05) is 25.9 Å². The monoisotopic (exact) mass is 267 g/mol. The van der Waals surface area contributed by atoms with Crippen LogP contribution in [0.25, 0.3) is 0 Å². The molecule has 2 aliphatic rings. The third kappa shape index (κ3) is 3.85. The smallest absolute Gasteiger partial charge is 0.139 e. The molecule has 1 aliphatic heterocycles. The molecule has 1 saturated heterocycles. The van der Waals surface area contributed by atoms with Gasteiger partial charge in [0.1, 0.15) is 5.84 Å². The Balaban J connectivity index is 1.80. The van der Waals surface area contributed by atoms with E-state index in [4.69, 9.17) is 10.9 Å². The highest BCUT2D eigenvalue weighted by atomic mass is 16.4. The van der Waals surface area contributed by atoms with Gasteiger partial charge in [0.15, 0.2) is 0 Å². The van der Waals surface area contributed by atoms with Crippen molar-refractivity contribution < 1.29 is 5.21 Å². The molecule has 110 valence electrons. The van der Waals surface area contributed by atoms with Crippen molar-refractivity contribution in [3.8, 4) is 0 Å². The van der Waals surface area contributed by atoms with Gasteiger partial charge in [0, 0.05) is 13.0 Å². The van der Waals surface area contributed by atoms with E-state index in [2.05, 4.69) is 30.8 Å². The van der Waals surface area contributed by atoms with Crippen LogP contribution in [-0.4, -0.2) is 35.6 Å². The van der Waals surface area contributed by atoms with Crippen molar-refractivity contribution in [2.45, 2.75) is 52.9 Å². The summed E-state index contributed by atoms with van der Waals surface area (Å²) in [4.78, 5) is 2.58. The van der Waals surface area contributed by atoms with Crippen LogP contribution in [0.4, 0.5) is 0 Å². The van der Waals surface area contributed by atoms with Gasteiger partial charge in [0.2, 0.25) is 0 Å². The van der Waals surface area contributed by atoms with Crippen molar-refractivity contribution in [1.29, 1.82) is 0 Å². The Bertz CT molecular complexity index is 334. The van der Waals surface area contributed by atoms with E-state index in [0.29, 0.717) is 16.7 Å². The molecule has 0 radical (unpaired) electrons. The third-order valence-electron chi connectivity index (χ3n) is 5.01. The van der Waals surface area contributed by atoms with E-state index in [1.807, 2.05) is 0 Å². The van der Waals surface area contributed by atoms with E-state index in [1.54, 1.807) is 0 Å². The number of likely N-dealkylation sites (tertiary alicyclic amines) is 1. The summed E-state index contributed by atoms with van der Waals surface area (Å²) in [7, 11) is 0. The van der Waals surface area contributed by atoms with Crippen LogP contribution in [0, 0.1) is 16.7 Å². The normalized spacial score (nSPS) is 25.5. The maximum atomic E-state index is 8.71. The molecule has 0 amide bonds. The number of hydrogen-bond donors (Lipinski definition) is 2. The molecule has 4 nitrogen and oxygen atoms in total. The van der Waals surface area contributed by atoms with E-state index in [1.165, 1.54) is 38.8 Å². The highest BCUT2D eigenvalue weighted by Crippen LogP contribution is 2.50. The molecule has 3 N–H and O–H groups in total. The predicted octanol–water partition coefficient (Wildman–Crippen LogP) is 2.66. The van der Waals surface area contributed by atoms with Gasteiger partial charge in [-0.2, -0.15) is 0 Å². The second-order valence-electron chi connectivity index (χ2n) is 7.68. The van der Waals surface area contributed by atoms with E-state index in [9.17, 15) is 0 Å². The molecule has 4 heteroatoms. The Morgan fingerprint density at radius 1 is 1.32 bits per heavy atom. The molecule has 19 heavy (non-hydrogen) atoms. The lowest BCUT2D eigenvalue weighted by Gasteiger charge is -2.40. The maximum absolute atomic E-state index is 8.71.